The molecule has 1 aliphatic heterocycles. The maximum atomic E-state index is 12.5. The Labute approximate surface area is 131 Å². The molecule has 1 amide bonds. The van der Waals surface area contributed by atoms with Gasteiger partial charge in [0, 0.05) is 13.1 Å². The Kier molecular flexibility index (Phi) is 3.77. The molecule has 1 aliphatic rings. The Morgan fingerprint density at radius 1 is 1.19 bits per heavy atom. The molecule has 104 valence electrons. The van der Waals surface area contributed by atoms with Gasteiger partial charge in [-0.05, 0) is 29.2 Å². The van der Waals surface area contributed by atoms with Gasteiger partial charge in [0.1, 0.15) is 7.85 Å². The lowest BCUT2D eigenvalue weighted by Gasteiger charge is -2.15. The lowest BCUT2D eigenvalue weighted by atomic mass is 9.93. The van der Waals surface area contributed by atoms with Crippen LogP contribution in [-0.2, 0) is 19.5 Å². The van der Waals surface area contributed by atoms with E-state index in [-0.39, 0.29) is 5.91 Å². The van der Waals surface area contributed by atoms with Crippen molar-refractivity contribution in [2.45, 2.75) is 26.4 Å². The first kappa shape index (κ1) is 14.2. The Morgan fingerprint density at radius 2 is 1.86 bits per heavy atom. The van der Waals surface area contributed by atoms with Crippen LogP contribution < -0.4 is 5.46 Å². The Balaban J connectivity index is 1.82. The molecule has 0 aliphatic carbocycles. The van der Waals surface area contributed by atoms with Gasteiger partial charge in [0.2, 0.25) is 0 Å². The molecular weight excluding hydrogens is 280 g/mol. The zero-order chi connectivity index (χ0) is 15.0. The minimum Gasteiger partial charge on any atom is -0.330 e. The summed E-state index contributed by atoms with van der Waals surface area (Å²) in [6, 6.07) is 11.8. The van der Waals surface area contributed by atoms with Crippen LogP contribution in [0.25, 0.3) is 0 Å². The molecule has 0 atom stereocenters. The molecule has 0 saturated heterocycles. The maximum Gasteiger partial charge on any atom is 0.256 e. The van der Waals surface area contributed by atoms with Gasteiger partial charge in [-0.1, -0.05) is 54.3 Å². The summed E-state index contributed by atoms with van der Waals surface area (Å²) in [6.07, 6.45) is 1.02. The van der Waals surface area contributed by atoms with E-state index in [4.69, 9.17) is 19.4 Å². The number of aryl methyl sites for hydroxylation is 1. The van der Waals surface area contributed by atoms with E-state index in [1.54, 1.807) is 11.0 Å². The number of rotatable bonds is 3. The molecule has 2 aromatic carbocycles. The smallest absolute Gasteiger partial charge is 0.256 e. The van der Waals surface area contributed by atoms with E-state index in [1.165, 1.54) is 5.56 Å². The lowest BCUT2D eigenvalue weighted by Crippen LogP contribution is -2.23. The van der Waals surface area contributed by atoms with Crippen molar-refractivity contribution in [2.75, 3.05) is 0 Å². The Hall–Kier alpha value is -1.74. The molecule has 0 N–H and O–H groups in total. The van der Waals surface area contributed by atoms with Crippen LogP contribution in [0.4, 0.5) is 0 Å². The molecular formula is C17H15BClNO. The second-order valence-corrected chi connectivity index (χ2v) is 5.78. The zero-order valence-electron chi connectivity index (χ0n) is 11.9. The van der Waals surface area contributed by atoms with Gasteiger partial charge >= 0.3 is 0 Å². The van der Waals surface area contributed by atoms with E-state index in [0.29, 0.717) is 29.1 Å². The minimum atomic E-state index is -0.0189. The third-order valence-electron chi connectivity index (χ3n) is 3.86. The molecule has 0 saturated carbocycles. The van der Waals surface area contributed by atoms with Crippen LogP contribution >= 0.6 is 11.6 Å². The fourth-order valence-electron chi connectivity index (χ4n) is 2.72. The summed E-state index contributed by atoms with van der Waals surface area (Å²) in [7, 11) is 5.79. The standard InChI is InChI=1S/C17H15BClNO/c1-2-11-3-5-12(6-4-11)9-20-10-13-7-14(18)8-15(19)16(13)17(20)21/h3-8H,2,9-10H2,1H3. The molecule has 2 aromatic rings. The van der Waals surface area contributed by atoms with Crippen LogP contribution in [0.2, 0.25) is 5.02 Å². The summed E-state index contributed by atoms with van der Waals surface area (Å²) >= 11 is 6.15. The molecule has 0 fully saturated rings. The molecule has 0 spiro atoms. The van der Waals surface area contributed by atoms with E-state index < -0.39 is 0 Å². The second-order valence-electron chi connectivity index (χ2n) is 5.37. The van der Waals surface area contributed by atoms with Crippen molar-refractivity contribution < 1.29 is 4.79 Å². The van der Waals surface area contributed by atoms with Crippen LogP contribution in [0.1, 0.15) is 34.0 Å². The predicted octanol–water partition coefficient (Wildman–Crippen LogP) is 2.85. The van der Waals surface area contributed by atoms with Gasteiger partial charge < -0.3 is 4.90 Å². The van der Waals surface area contributed by atoms with Crippen molar-refractivity contribution >= 4 is 30.8 Å². The highest BCUT2D eigenvalue weighted by Crippen LogP contribution is 2.29. The molecule has 0 aromatic heterocycles. The molecule has 0 bridgehead atoms. The summed E-state index contributed by atoms with van der Waals surface area (Å²) in [5.74, 6) is -0.0189. The van der Waals surface area contributed by atoms with Gasteiger partial charge in [-0.2, -0.15) is 0 Å². The summed E-state index contributed by atoms with van der Waals surface area (Å²) < 4.78 is 0. The third-order valence-corrected chi connectivity index (χ3v) is 4.16. The molecule has 2 radical (unpaired) electrons. The highest BCUT2D eigenvalue weighted by molar-refractivity contribution is 6.38. The molecule has 4 heteroatoms. The van der Waals surface area contributed by atoms with Crippen LogP contribution in [0, 0.1) is 0 Å². The first-order valence-electron chi connectivity index (χ1n) is 7.03. The molecule has 0 unspecified atom stereocenters. The van der Waals surface area contributed by atoms with Gasteiger partial charge in [-0.25, -0.2) is 0 Å². The number of benzene rings is 2. The van der Waals surface area contributed by atoms with Crippen LogP contribution in [0.15, 0.2) is 36.4 Å². The number of amides is 1. The fraction of sp³-hybridized carbons (Fsp3) is 0.235. The number of hydrogen-bond donors (Lipinski definition) is 0. The van der Waals surface area contributed by atoms with Gasteiger partial charge in [0.25, 0.3) is 5.91 Å². The average molecular weight is 296 g/mol. The number of hydrogen-bond acceptors (Lipinski definition) is 1. The second kappa shape index (κ2) is 5.57. The summed E-state index contributed by atoms with van der Waals surface area (Å²) in [4.78, 5) is 14.3. The van der Waals surface area contributed by atoms with Crippen molar-refractivity contribution in [3.05, 3.63) is 63.7 Å². The lowest BCUT2D eigenvalue weighted by molar-refractivity contribution is 0.0767. The quantitative estimate of drug-likeness (QED) is 0.797. The van der Waals surface area contributed by atoms with Crippen molar-refractivity contribution in [3.8, 4) is 0 Å². The van der Waals surface area contributed by atoms with E-state index in [2.05, 4.69) is 31.2 Å². The fourth-order valence-corrected chi connectivity index (χ4v) is 3.04. The summed E-state index contributed by atoms with van der Waals surface area (Å²) in [5, 5.41) is 0.443. The normalized spacial score (nSPS) is 13.6. The number of fused-ring (bicyclic) bond motifs is 1. The van der Waals surface area contributed by atoms with Crippen LogP contribution in [0.5, 0.6) is 0 Å². The predicted molar refractivity (Wildman–Crippen MR) is 86.2 cm³/mol. The van der Waals surface area contributed by atoms with Crippen LogP contribution in [0.3, 0.4) is 0 Å². The molecule has 1 heterocycles. The van der Waals surface area contributed by atoms with E-state index >= 15 is 0 Å². The topological polar surface area (TPSA) is 20.3 Å². The third kappa shape index (κ3) is 2.70. The van der Waals surface area contributed by atoms with E-state index in [9.17, 15) is 4.79 Å². The number of carbonyl (C=O) groups is 1. The van der Waals surface area contributed by atoms with Gasteiger partial charge in [-0.3, -0.25) is 4.79 Å². The van der Waals surface area contributed by atoms with Gasteiger partial charge in [0.05, 0.1) is 10.6 Å². The van der Waals surface area contributed by atoms with Crippen molar-refractivity contribution in [1.29, 1.82) is 0 Å². The van der Waals surface area contributed by atoms with Crippen LogP contribution in [-0.4, -0.2) is 18.7 Å². The van der Waals surface area contributed by atoms with E-state index in [1.807, 2.05) is 6.07 Å². The Bertz CT molecular complexity index is 697. The van der Waals surface area contributed by atoms with E-state index in [0.717, 1.165) is 17.5 Å². The molecule has 2 nitrogen and oxygen atoms in total. The largest absolute Gasteiger partial charge is 0.330 e. The minimum absolute atomic E-state index is 0.0189. The van der Waals surface area contributed by atoms with Gasteiger partial charge in [0.15, 0.2) is 0 Å². The first-order valence-corrected chi connectivity index (χ1v) is 7.41. The summed E-state index contributed by atoms with van der Waals surface area (Å²) in [5.41, 5.74) is 4.52. The summed E-state index contributed by atoms with van der Waals surface area (Å²) in [6.45, 7) is 3.28. The number of nitrogens with zero attached hydrogens (tertiary/aromatic N) is 1. The maximum absolute atomic E-state index is 12.5. The SMILES string of the molecule is [B]c1cc(Cl)c2c(c1)CN(Cc1ccc(CC)cc1)C2=O. The first-order chi connectivity index (χ1) is 10.1. The zero-order valence-corrected chi connectivity index (χ0v) is 12.7. The number of halogens is 1. The van der Waals surface area contributed by atoms with Gasteiger partial charge in [-0.15, -0.1) is 0 Å². The van der Waals surface area contributed by atoms with Crippen molar-refractivity contribution in [3.63, 3.8) is 0 Å². The van der Waals surface area contributed by atoms with Crippen molar-refractivity contribution in [2.24, 2.45) is 0 Å². The molecule has 3 rings (SSSR count). The monoisotopic (exact) mass is 295 g/mol. The average Bonchev–Trinajstić information content (AvgIpc) is 2.76. The highest BCUT2D eigenvalue weighted by atomic mass is 35.5. The molecule has 21 heavy (non-hydrogen) atoms. The highest BCUT2D eigenvalue weighted by Gasteiger charge is 2.29. The Morgan fingerprint density at radius 3 is 2.52 bits per heavy atom. The van der Waals surface area contributed by atoms with Crippen molar-refractivity contribution in [1.82, 2.24) is 4.90 Å². The number of carbonyl (C=O) groups excluding carboxylic acids is 1.